The molecule has 0 spiro atoms. The summed E-state index contributed by atoms with van der Waals surface area (Å²) in [5.41, 5.74) is 0.528. The van der Waals surface area contributed by atoms with Gasteiger partial charge in [-0.15, -0.1) is 10.2 Å². The highest BCUT2D eigenvalue weighted by atomic mass is 32.1. The molecule has 0 unspecified atom stereocenters. The topological polar surface area (TPSA) is 126 Å². The Bertz CT molecular complexity index is 740. The van der Waals surface area contributed by atoms with Crippen LogP contribution in [-0.2, 0) is 4.74 Å². The lowest BCUT2D eigenvalue weighted by Crippen LogP contribution is -2.24. The molecule has 25 heavy (non-hydrogen) atoms. The van der Waals surface area contributed by atoms with Crippen molar-refractivity contribution < 1.29 is 24.5 Å². The van der Waals surface area contributed by atoms with E-state index in [1.54, 1.807) is 24.3 Å². The maximum atomic E-state index is 12.1. The molecule has 9 nitrogen and oxygen atoms in total. The monoisotopic (exact) mass is 366 g/mol. The van der Waals surface area contributed by atoms with E-state index in [0.717, 1.165) is 11.3 Å². The number of para-hydroxylation sites is 2. The molecule has 2 amide bonds. The van der Waals surface area contributed by atoms with Crippen LogP contribution >= 0.6 is 11.3 Å². The number of aromatic nitrogens is 2. The van der Waals surface area contributed by atoms with E-state index in [2.05, 4.69) is 20.8 Å². The smallest absolute Gasteiger partial charge is 0.325 e. The van der Waals surface area contributed by atoms with Gasteiger partial charge in [0.25, 0.3) is 0 Å². The molecular weight excluding hydrogens is 348 g/mol. The van der Waals surface area contributed by atoms with Crippen LogP contribution in [0.4, 0.5) is 15.6 Å². The van der Waals surface area contributed by atoms with Crippen LogP contribution < -0.4 is 15.4 Å². The first kappa shape index (κ1) is 17.5. The second-order valence-corrected chi connectivity index (χ2v) is 6.38. The number of nitrogens with one attached hydrogen (secondary N) is 2. The van der Waals surface area contributed by atoms with Crippen LogP contribution in [0.2, 0.25) is 0 Å². The van der Waals surface area contributed by atoms with Crippen LogP contribution in [0.5, 0.6) is 5.75 Å². The van der Waals surface area contributed by atoms with Gasteiger partial charge in [-0.25, -0.2) is 4.79 Å². The Labute approximate surface area is 147 Å². The molecule has 1 aromatic carbocycles. The second-order valence-electron chi connectivity index (χ2n) is 5.37. The van der Waals surface area contributed by atoms with Crippen LogP contribution in [0.25, 0.3) is 0 Å². The van der Waals surface area contributed by atoms with Crippen molar-refractivity contribution in [3.8, 4) is 5.75 Å². The molecule has 1 aromatic heterocycles. The van der Waals surface area contributed by atoms with Crippen molar-refractivity contribution in [2.45, 2.75) is 24.7 Å². The van der Waals surface area contributed by atoms with Crippen LogP contribution in [0, 0.1) is 0 Å². The SMILES string of the molecule is COc1ccccc1NC(=O)Nc1nnc([C@@H]2C[C@H](O)[C@@H](CO)O2)s1. The minimum atomic E-state index is -0.746. The number of carbonyl (C=O) groups excluding carboxylic acids is 1. The molecule has 0 saturated carbocycles. The standard InChI is InChI=1S/C15H18N4O5S/c1-23-10-5-3-2-4-8(10)16-14(22)17-15-19-18-13(25-15)11-6-9(21)12(7-20)24-11/h2-5,9,11-12,20-21H,6-7H2,1H3,(H2,16,17,19,22)/t9-,11-,12+/m0/s1. The molecule has 1 fully saturated rings. The normalized spacial score (nSPS) is 22.6. The number of hydrogen-bond acceptors (Lipinski definition) is 8. The number of anilines is 2. The Balaban J connectivity index is 1.61. The Morgan fingerprint density at radius 3 is 2.92 bits per heavy atom. The van der Waals surface area contributed by atoms with E-state index >= 15 is 0 Å². The third-order valence-corrected chi connectivity index (χ3v) is 4.63. The van der Waals surface area contributed by atoms with Gasteiger partial charge in [0, 0.05) is 6.42 Å². The van der Waals surface area contributed by atoms with Crippen molar-refractivity contribution in [1.82, 2.24) is 10.2 Å². The van der Waals surface area contributed by atoms with Gasteiger partial charge in [-0.3, -0.25) is 5.32 Å². The molecule has 0 bridgehead atoms. The summed E-state index contributed by atoms with van der Waals surface area (Å²) >= 11 is 1.15. The summed E-state index contributed by atoms with van der Waals surface area (Å²) in [6, 6.07) is 6.55. The van der Waals surface area contributed by atoms with E-state index < -0.39 is 24.3 Å². The summed E-state index contributed by atoms with van der Waals surface area (Å²) in [5, 5.41) is 32.9. The number of aliphatic hydroxyl groups excluding tert-OH is 2. The van der Waals surface area contributed by atoms with Crippen molar-refractivity contribution in [3.63, 3.8) is 0 Å². The van der Waals surface area contributed by atoms with E-state index in [1.165, 1.54) is 7.11 Å². The molecule has 0 aliphatic carbocycles. The number of carbonyl (C=O) groups is 1. The largest absolute Gasteiger partial charge is 0.495 e. The Morgan fingerprint density at radius 2 is 2.20 bits per heavy atom. The number of methoxy groups -OCH3 is 1. The van der Waals surface area contributed by atoms with Crippen molar-refractivity contribution in [3.05, 3.63) is 29.3 Å². The van der Waals surface area contributed by atoms with Gasteiger partial charge in [-0.05, 0) is 12.1 Å². The predicted molar refractivity (Wildman–Crippen MR) is 90.9 cm³/mol. The van der Waals surface area contributed by atoms with Gasteiger partial charge in [0.05, 0.1) is 25.5 Å². The molecule has 134 valence electrons. The highest BCUT2D eigenvalue weighted by Crippen LogP contribution is 2.35. The third kappa shape index (κ3) is 4.04. The predicted octanol–water partition coefficient (Wildman–Crippen LogP) is 1.37. The van der Waals surface area contributed by atoms with Gasteiger partial charge in [-0.1, -0.05) is 23.5 Å². The summed E-state index contributed by atoms with van der Waals surface area (Å²) in [6.45, 7) is -0.261. The van der Waals surface area contributed by atoms with Crippen molar-refractivity contribution in [1.29, 1.82) is 0 Å². The highest BCUT2D eigenvalue weighted by Gasteiger charge is 2.36. The lowest BCUT2D eigenvalue weighted by Gasteiger charge is -2.10. The fourth-order valence-corrected chi connectivity index (χ4v) is 3.25. The first-order valence-corrected chi connectivity index (χ1v) is 8.41. The van der Waals surface area contributed by atoms with E-state index in [9.17, 15) is 9.90 Å². The summed E-state index contributed by atoms with van der Waals surface area (Å²) in [7, 11) is 1.52. The van der Waals surface area contributed by atoms with E-state index in [0.29, 0.717) is 28.0 Å². The molecule has 4 N–H and O–H groups in total. The zero-order valence-electron chi connectivity index (χ0n) is 13.4. The van der Waals surface area contributed by atoms with E-state index in [1.807, 2.05) is 0 Å². The van der Waals surface area contributed by atoms with Gasteiger partial charge in [0.15, 0.2) is 0 Å². The average molecular weight is 366 g/mol. The molecule has 3 atom stereocenters. The molecule has 1 saturated heterocycles. The Kier molecular flexibility index (Phi) is 5.43. The van der Waals surface area contributed by atoms with Gasteiger partial charge >= 0.3 is 6.03 Å². The summed E-state index contributed by atoms with van der Waals surface area (Å²) in [5.74, 6) is 0.541. The summed E-state index contributed by atoms with van der Waals surface area (Å²) in [6.07, 6.45) is -1.49. The third-order valence-electron chi connectivity index (χ3n) is 3.70. The van der Waals surface area contributed by atoms with E-state index in [4.69, 9.17) is 14.6 Å². The number of amides is 2. The minimum absolute atomic E-state index is 0.261. The lowest BCUT2D eigenvalue weighted by atomic mass is 10.1. The molecule has 1 aliphatic rings. The van der Waals surface area contributed by atoms with E-state index in [-0.39, 0.29) is 6.61 Å². The Hall–Kier alpha value is -2.27. The van der Waals surface area contributed by atoms with Gasteiger partial charge in [0.2, 0.25) is 5.13 Å². The van der Waals surface area contributed by atoms with Crippen LogP contribution in [-0.4, -0.2) is 52.4 Å². The lowest BCUT2D eigenvalue weighted by molar-refractivity contribution is -0.0227. The zero-order valence-corrected chi connectivity index (χ0v) is 14.2. The molecule has 10 heteroatoms. The first-order chi connectivity index (χ1) is 12.1. The van der Waals surface area contributed by atoms with Crippen LogP contribution in [0.15, 0.2) is 24.3 Å². The van der Waals surface area contributed by atoms with Crippen molar-refractivity contribution in [2.75, 3.05) is 24.4 Å². The van der Waals surface area contributed by atoms with Crippen LogP contribution in [0.1, 0.15) is 17.5 Å². The van der Waals surface area contributed by atoms with Crippen LogP contribution in [0.3, 0.4) is 0 Å². The number of hydrogen-bond donors (Lipinski definition) is 4. The number of aliphatic hydroxyl groups is 2. The quantitative estimate of drug-likeness (QED) is 0.630. The summed E-state index contributed by atoms with van der Waals surface area (Å²) < 4.78 is 10.7. The molecule has 3 rings (SSSR count). The van der Waals surface area contributed by atoms with Crippen molar-refractivity contribution >= 4 is 28.2 Å². The number of rotatable bonds is 5. The Morgan fingerprint density at radius 1 is 1.40 bits per heavy atom. The number of urea groups is 1. The molecule has 1 aliphatic heterocycles. The average Bonchev–Trinajstić information content (AvgIpc) is 3.21. The maximum Gasteiger partial charge on any atom is 0.325 e. The summed E-state index contributed by atoms with van der Waals surface area (Å²) in [4.78, 5) is 12.1. The molecule has 2 heterocycles. The highest BCUT2D eigenvalue weighted by molar-refractivity contribution is 7.15. The van der Waals surface area contributed by atoms with Gasteiger partial charge in [0.1, 0.15) is 23.0 Å². The first-order valence-electron chi connectivity index (χ1n) is 7.59. The fourth-order valence-electron chi connectivity index (χ4n) is 2.47. The maximum absolute atomic E-state index is 12.1. The van der Waals surface area contributed by atoms with Gasteiger partial charge in [-0.2, -0.15) is 0 Å². The minimum Gasteiger partial charge on any atom is -0.495 e. The zero-order chi connectivity index (χ0) is 17.8. The van der Waals surface area contributed by atoms with Gasteiger partial charge < -0.3 is 25.0 Å². The van der Waals surface area contributed by atoms with Crippen molar-refractivity contribution in [2.24, 2.45) is 0 Å². The second kappa shape index (κ2) is 7.74. The number of benzene rings is 1. The number of ether oxygens (including phenoxy) is 2. The molecule has 0 radical (unpaired) electrons. The number of nitrogens with zero attached hydrogens (tertiary/aromatic N) is 2. The molecule has 2 aromatic rings. The molecular formula is C15H18N4O5S. The fraction of sp³-hybridized carbons (Fsp3) is 0.400.